The van der Waals surface area contributed by atoms with E-state index in [-0.39, 0.29) is 19.8 Å². The third-order valence-electron chi connectivity index (χ3n) is 3.83. The Morgan fingerprint density at radius 1 is 0.700 bits per heavy atom. The Labute approximate surface area is 179 Å². The first-order valence-corrected chi connectivity index (χ1v) is 11.8. The van der Waals surface area contributed by atoms with Crippen molar-refractivity contribution in [2.45, 2.75) is 78.9 Å². The van der Waals surface area contributed by atoms with Gasteiger partial charge in [-0.05, 0) is 26.2 Å². The van der Waals surface area contributed by atoms with Crippen LogP contribution < -0.4 is 0 Å². The van der Waals surface area contributed by atoms with E-state index in [4.69, 9.17) is 32.2 Å². The molecule has 0 aliphatic carbocycles. The van der Waals surface area contributed by atoms with Crippen LogP contribution in [0.3, 0.4) is 0 Å². The predicted octanol–water partition coefficient (Wildman–Crippen LogP) is 2.49. The Hall–Kier alpha value is -1.53. The summed E-state index contributed by atoms with van der Waals surface area (Å²) in [5.41, 5.74) is -2.17. The molecule has 0 rings (SSSR count). The van der Waals surface area contributed by atoms with E-state index >= 15 is 0 Å². The fraction of sp³-hybridized carbons (Fsp3) is 0.842. The summed E-state index contributed by atoms with van der Waals surface area (Å²) in [6, 6.07) is 0. The average molecular weight is 453 g/mol. The smallest absolute Gasteiger partial charge is 0.452 e. The highest BCUT2D eigenvalue weighted by Gasteiger charge is 2.81. The van der Waals surface area contributed by atoms with Crippen LogP contribution in [0.5, 0.6) is 0 Å². The number of carbonyl (C=O) groups excluding carboxylic acids is 3. The minimum absolute atomic E-state index is 0.0801. The molecule has 0 bridgehead atoms. The lowest BCUT2D eigenvalue weighted by Gasteiger charge is -2.49. The molecule has 0 aliphatic heterocycles. The van der Waals surface area contributed by atoms with Crippen molar-refractivity contribution in [2.24, 2.45) is 0 Å². The molecule has 0 aromatic heterocycles. The van der Waals surface area contributed by atoms with Crippen molar-refractivity contribution in [1.82, 2.24) is 0 Å². The summed E-state index contributed by atoms with van der Waals surface area (Å²) in [6.45, 7) is 10.7. The topological polar surface area (TPSA) is 116 Å². The van der Waals surface area contributed by atoms with E-state index in [1.807, 2.05) is 20.8 Å². The van der Waals surface area contributed by atoms with Crippen LogP contribution in [-0.2, 0) is 46.6 Å². The molecule has 0 saturated heterocycles. The van der Waals surface area contributed by atoms with Crippen molar-refractivity contribution < 1.29 is 46.6 Å². The Morgan fingerprint density at radius 2 is 1.03 bits per heavy atom. The molecule has 0 saturated carbocycles. The van der Waals surface area contributed by atoms with Gasteiger partial charge in [-0.3, -0.25) is 14.4 Å². The van der Waals surface area contributed by atoms with Gasteiger partial charge in [0.15, 0.2) is 0 Å². The van der Waals surface area contributed by atoms with Crippen molar-refractivity contribution in [3.8, 4) is 0 Å². The van der Waals surface area contributed by atoms with E-state index in [2.05, 4.69) is 0 Å². The van der Waals surface area contributed by atoms with Gasteiger partial charge >= 0.3 is 14.2 Å². The van der Waals surface area contributed by atoms with Gasteiger partial charge in [0.25, 0.3) is 17.9 Å². The number of methoxy groups -OCH3 is 1. The summed E-state index contributed by atoms with van der Waals surface area (Å²) in [5.74, 6) is -4.34. The zero-order valence-electron chi connectivity index (χ0n) is 19.3. The van der Waals surface area contributed by atoms with Gasteiger partial charge < -0.3 is 32.2 Å². The van der Waals surface area contributed by atoms with Gasteiger partial charge in [0, 0.05) is 34.5 Å². The Morgan fingerprint density at radius 3 is 1.30 bits per heavy atom. The maximum Gasteiger partial charge on any atom is 0.774 e. The number of hydrogen-bond acceptors (Lipinski definition) is 10. The zero-order valence-corrected chi connectivity index (χ0v) is 20.3. The minimum Gasteiger partial charge on any atom is -0.452 e. The Kier molecular flexibility index (Phi) is 12.3. The molecule has 0 N–H and O–H groups in total. The maximum absolute atomic E-state index is 12.1. The van der Waals surface area contributed by atoms with Crippen LogP contribution in [0.15, 0.2) is 0 Å². The van der Waals surface area contributed by atoms with Gasteiger partial charge in [-0.15, -0.1) is 0 Å². The van der Waals surface area contributed by atoms with Crippen LogP contribution in [0.1, 0.15) is 67.7 Å². The monoisotopic (exact) mass is 452 g/mol. The largest absolute Gasteiger partial charge is 0.774 e. The summed E-state index contributed by atoms with van der Waals surface area (Å²) in [4.78, 5) is 36.2. The van der Waals surface area contributed by atoms with E-state index < -0.39 is 37.9 Å². The summed E-state index contributed by atoms with van der Waals surface area (Å²) >= 11 is 0. The molecular weight excluding hydrogens is 416 g/mol. The van der Waals surface area contributed by atoms with Gasteiger partial charge in [-0.25, -0.2) is 0 Å². The number of rotatable bonds is 15. The molecule has 176 valence electrons. The number of hydrogen-bond donors (Lipinski definition) is 0. The molecule has 0 spiro atoms. The number of ether oxygens (including phenoxy) is 4. The molecule has 30 heavy (non-hydrogen) atoms. The molecule has 1 atom stereocenters. The molecule has 0 amide bonds. The van der Waals surface area contributed by atoms with Crippen molar-refractivity contribution in [3.63, 3.8) is 0 Å². The lowest BCUT2D eigenvalue weighted by Crippen LogP contribution is -2.78. The van der Waals surface area contributed by atoms with Gasteiger partial charge in [0.05, 0.1) is 13.2 Å². The van der Waals surface area contributed by atoms with E-state index in [0.717, 1.165) is 20.8 Å². The summed E-state index contributed by atoms with van der Waals surface area (Å²) < 4.78 is 40.0. The molecule has 0 radical (unpaired) electrons. The van der Waals surface area contributed by atoms with Crippen LogP contribution in [0.2, 0.25) is 0 Å². The fourth-order valence-corrected chi connectivity index (χ4v) is 5.62. The molecule has 0 aromatic carbocycles. The van der Waals surface area contributed by atoms with Crippen LogP contribution >= 0.6 is 0 Å². The van der Waals surface area contributed by atoms with Crippen molar-refractivity contribution >= 4 is 26.7 Å². The van der Waals surface area contributed by atoms with Crippen molar-refractivity contribution in [2.75, 3.05) is 26.9 Å². The zero-order chi connectivity index (χ0) is 23.4. The second kappa shape index (κ2) is 13.0. The molecule has 10 nitrogen and oxygen atoms in total. The van der Waals surface area contributed by atoms with Crippen LogP contribution in [0.4, 0.5) is 0 Å². The van der Waals surface area contributed by atoms with Gasteiger partial charge in [0.2, 0.25) is 5.79 Å². The summed E-state index contributed by atoms with van der Waals surface area (Å²) in [6.07, 6.45) is 1.66. The summed E-state index contributed by atoms with van der Waals surface area (Å²) in [5, 5.41) is 0. The van der Waals surface area contributed by atoms with Gasteiger partial charge in [0.1, 0.15) is 0 Å². The Bertz CT molecular complexity index is 519. The normalized spacial score (nSPS) is 14.0. The second-order valence-corrected chi connectivity index (χ2v) is 9.03. The molecule has 1 unspecified atom stereocenters. The lowest BCUT2D eigenvalue weighted by molar-refractivity contribution is -0.379. The molecule has 0 aromatic rings. The standard InChI is InChI=1S/C19H36O10Si/c1-9-12-24-18(7,23-8)19(25-13-10-2,26-14-11-3)30(27-15(4)20,28-16(5)21)29-17(6)22/h9-14H2,1-8H3. The van der Waals surface area contributed by atoms with Gasteiger partial charge in [-0.1, -0.05) is 20.8 Å². The van der Waals surface area contributed by atoms with Crippen LogP contribution in [0.25, 0.3) is 0 Å². The van der Waals surface area contributed by atoms with Crippen molar-refractivity contribution in [3.05, 3.63) is 0 Å². The second-order valence-electron chi connectivity index (χ2n) is 6.65. The highest BCUT2D eigenvalue weighted by Crippen LogP contribution is 2.42. The van der Waals surface area contributed by atoms with Crippen LogP contribution in [0, 0.1) is 0 Å². The van der Waals surface area contributed by atoms with E-state index in [0.29, 0.717) is 19.3 Å². The SMILES string of the molecule is CCCOC(C)(OC)C(OCCC)(OCCC)[Si](OC(C)=O)(OC(C)=O)OC(C)=O. The third kappa shape index (κ3) is 7.01. The average Bonchev–Trinajstić information content (AvgIpc) is 2.64. The van der Waals surface area contributed by atoms with Crippen LogP contribution in [-0.4, -0.2) is 64.8 Å². The number of carbonyl (C=O) groups is 3. The molecule has 0 aliphatic rings. The van der Waals surface area contributed by atoms with Crippen molar-refractivity contribution in [1.29, 1.82) is 0 Å². The van der Waals surface area contributed by atoms with E-state index in [9.17, 15) is 14.4 Å². The lowest BCUT2D eigenvalue weighted by atomic mass is 10.3. The highest BCUT2D eigenvalue weighted by atomic mass is 28.4. The molecule has 0 heterocycles. The first-order valence-electron chi connectivity index (χ1n) is 10.0. The highest BCUT2D eigenvalue weighted by molar-refractivity contribution is 6.68. The molecular formula is C19H36O10Si. The van der Waals surface area contributed by atoms with Gasteiger partial charge in [-0.2, -0.15) is 0 Å². The fourth-order valence-electron chi connectivity index (χ4n) is 2.67. The maximum atomic E-state index is 12.1. The van der Waals surface area contributed by atoms with E-state index in [1.165, 1.54) is 14.0 Å². The molecule has 0 fully saturated rings. The minimum atomic E-state index is -4.79. The quantitative estimate of drug-likeness (QED) is 0.271. The third-order valence-corrected chi connectivity index (χ3v) is 7.04. The first-order chi connectivity index (χ1) is 14.0. The Balaban J connectivity index is 7.10. The molecule has 11 heteroatoms. The predicted molar refractivity (Wildman–Crippen MR) is 108 cm³/mol. The first kappa shape index (κ1) is 28.5. The van der Waals surface area contributed by atoms with E-state index in [1.54, 1.807) is 0 Å². The summed E-state index contributed by atoms with van der Waals surface area (Å²) in [7, 11) is -3.45.